The van der Waals surface area contributed by atoms with E-state index in [1.54, 1.807) is 0 Å². The highest BCUT2D eigenvalue weighted by Gasteiger charge is 2.20. The van der Waals surface area contributed by atoms with Gasteiger partial charge in [0.15, 0.2) is 0 Å². The van der Waals surface area contributed by atoms with E-state index < -0.39 is 0 Å². The van der Waals surface area contributed by atoms with Crippen molar-refractivity contribution in [3.8, 4) is 0 Å². The van der Waals surface area contributed by atoms with E-state index in [-0.39, 0.29) is 18.7 Å². The number of nitrogens with one attached hydrogen (secondary N) is 2. The normalized spacial score (nSPS) is 15.9. The lowest BCUT2D eigenvalue weighted by Crippen LogP contribution is -2.46. The van der Waals surface area contributed by atoms with Crippen LogP contribution in [-0.4, -0.2) is 41.7 Å². The van der Waals surface area contributed by atoms with Gasteiger partial charge in [0.25, 0.3) is 0 Å². The topological polar surface area (TPSA) is 57.4 Å². The van der Waals surface area contributed by atoms with Crippen molar-refractivity contribution in [1.29, 1.82) is 0 Å². The Morgan fingerprint density at radius 1 is 1.07 bits per heavy atom. The third-order valence-electron chi connectivity index (χ3n) is 5.45. The summed E-state index contributed by atoms with van der Waals surface area (Å²) in [6.45, 7) is 3.20. The molecular formula is C24H28N3O2. The summed E-state index contributed by atoms with van der Waals surface area (Å²) in [5.74, 6) is 0. The van der Waals surface area contributed by atoms with Gasteiger partial charge in [-0.25, -0.2) is 4.79 Å². The minimum atomic E-state index is -0.359. The summed E-state index contributed by atoms with van der Waals surface area (Å²) in [4.78, 5) is 18.3. The van der Waals surface area contributed by atoms with E-state index >= 15 is 0 Å². The summed E-state index contributed by atoms with van der Waals surface area (Å²) in [7, 11) is 0. The third kappa shape index (κ3) is 5.39. The van der Waals surface area contributed by atoms with E-state index in [2.05, 4.69) is 46.0 Å². The molecule has 1 atom stereocenters. The highest BCUT2D eigenvalue weighted by atomic mass is 16.5. The second-order valence-corrected chi connectivity index (χ2v) is 7.63. The molecule has 1 aliphatic rings. The molecule has 2 heterocycles. The van der Waals surface area contributed by atoms with E-state index in [1.165, 1.54) is 10.9 Å². The van der Waals surface area contributed by atoms with Crippen LogP contribution >= 0.6 is 0 Å². The van der Waals surface area contributed by atoms with E-state index in [0.29, 0.717) is 0 Å². The number of hydrogen-bond donors (Lipinski definition) is 2. The number of H-pyrrole nitrogens is 1. The molecule has 0 spiro atoms. The van der Waals surface area contributed by atoms with Gasteiger partial charge in [-0.3, -0.25) is 0 Å². The number of amides is 1. The molecule has 0 bridgehead atoms. The first kappa shape index (κ1) is 19.5. The summed E-state index contributed by atoms with van der Waals surface area (Å²) >= 11 is 0. The van der Waals surface area contributed by atoms with Gasteiger partial charge in [-0.1, -0.05) is 48.5 Å². The molecule has 1 fully saturated rings. The smallest absolute Gasteiger partial charge is 0.407 e. The van der Waals surface area contributed by atoms with Gasteiger partial charge in [0.05, 0.1) is 0 Å². The van der Waals surface area contributed by atoms with Crippen LogP contribution in [0.3, 0.4) is 0 Å². The fraction of sp³-hybridized carbons (Fsp3) is 0.333. The summed E-state index contributed by atoms with van der Waals surface area (Å²) < 4.78 is 5.47. The molecule has 2 N–H and O–H groups in total. The van der Waals surface area contributed by atoms with E-state index in [9.17, 15) is 4.79 Å². The van der Waals surface area contributed by atoms with Crippen LogP contribution < -0.4 is 5.32 Å². The first-order valence-corrected chi connectivity index (χ1v) is 10.3. The van der Waals surface area contributed by atoms with Gasteiger partial charge in [0, 0.05) is 29.7 Å². The molecule has 29 heavy (non-hydrogen) atoms. The summed E-state index contributed by atoms with van der Waals surface area (Å²) in [6, 6.07) is 18.1. The fourth-order valence-corrected chi connectivity index (χ4v) is 3.96. The summed E-state index contributed by atoms with van der Waals surface area (Å²) in [5.41, 5.74) is 3.33. The van der Waals surface area contributed by atoms with Crippen molar-refractivity contribution in [2.45, 2.75) is 31.9 Å². The molecule has 0 saturated carbocycles. The van der Waals surface area contributed by atoms with Crippen LogP contribution in [0.1, 0.15) is 24.0 Å². The SMILES string of the molecule is O=C(NC(Cc1c[nH]c2ccccc12)CN1CC[CH]CC1)OCc1ccccc1. The Balaban J connectivity index is 1.41. The molecule has 3 aromatic rings. The Labute approximate surface area is 172 Å². The number of carbonyl (C=O) groups is 1. The molecule has 151 valence electrons. The number of aromatic amines is 1. The molecule has 1 unspecified atom stereocenters. The Bertz CT molecular complexity index is 916. The Morgan fingerprint density at radius 2 is 1.83 bits per heavy atom. The number of aromatic nitrogens is 1. The third-order valence-corrected chi connectivity index (χ3v) is 5.45. The first-order chi connectivity index (χ1) is 14.3. The Morgan fingerprint density at radius 3 is 2.66 bits per heavy atom. The number of para-hydroxylation sites is 1. The number of rotatable bonds is 7. The van der Waals surface area contributed by atoms with Crippen LogP contribution in [0.25, 0.3) is 10.9 Å². The van der Waals surface area contributed by atoms with Gasteiger partial charge < -0.3 is 19.9 Å². The molecule has 1 saturated heterocycles. The molecule has 5 heteroatoms. The van der Waals surface area contributed by atoms with E-state index in [1.807, 2.05) is 36.4 Å². The minimum Gasteiger partial charge on any atom is -0.445 e. The lowest BCUT2D eigenvalue weighted by Gasteiger charge is -2.30. The highest BCUT2D eigenvalue weighted by Crippen LogP contribution is 2.20. The summed E-state index contributed by atoms with van der Waals surface area (Å²) in [6.07, 6.45) is 7.02. The number of alkyl carbamates (subject to hydrolysis) is 1. The average Bonchev–Trinajstić information content (AvgIpc) is 3.17. The molecule has 0 aliphatic carbocycles. The molecule has 1 aliphatic heterocycles. The van der Waals surface area contributed by atoms with E-state index in [4.69, 9.17) is 4.74 Å². The van der Waals surface area contributed by atoms with Gasteiger partial charge in [-0.15, -0.1) is 0 Å². The number of ether oxygens (including phenoxy) is 1. The molecule has 1 amide bonds. The van der Waals surface area contributed by atoms with Gasteiger partial charge in [0.2, 0.25) is 0 Å². The van der Waals surface area contributed by atoms with Crippen LogP contribution in [0, 0.1) is 6.42 Å². The zero-order valence-corrected chi connectivity index (χ0v) is 16.6. The first-order valence-electron chi connectivity index (χ1n) is 10.3. The Hall–Kier alpha value is -2.79. The lowest BCUT2D eigenvalue weighted by atomic mass is 10.0. The lowest BCUT2D eigenvalue weighted by molar-refractivity contribution is 0.130. The van der Waals surface area contributed by atoms with Crippen molar-refractivity contribution in [3.05, 3.63) is 78.3 Å². The second kappa shape index (κ2) is 9.61. The summed E-state index contributed by atoms with van der Waals surface area (Å²) in [5, 5.41) is 4.32. The number of hydrogen-bond acceptors (Lipinski definition) is 3. The van der Waals surface area contributed by atoms with Crippen molar-refractivity contribution >= 4 is 17.0 Å². The number of fused-ring (bicyclic) bond motifs is 1. The number of benzene rings is 2. The monoisotopic (exact) mass is 390 g/mol. The zero-order chi connectivity index (χ0) is 19.9. The molecule has 2 aromatic carbocycles. The number of carbonyl (C=O) groups excluding carboxylic acids is 1. The molecular weight excluding hydrogens is 362 g/mol. The van der Waals surface area contributed by atoms with Crippen molar-refractivity contribution in [2.24, 2.45) is 0 Å². The van der Waals surface area contributed by atoms with Crippen molar-refractivity contribution in [2.75, 3.05) is 19.6 Å². The predicted molar refractivity (Wildman–Crippen MR) is 116 cm³/mol. The van der Waals surface area contributed by atoms with Gasteiger partial charge in [-0.05, 0) is 56.0 Å². The van der Waals surface area contributed by atoms with Crippen molar-refractivity contribution < 1.29 is 9.53 Å². The standard InChI is InChI=1S/C24H28N3O2/c28-24(29-18-19-9-3-1-4-10-19)26-21(17-27-13-7-2-8-14-27)15-20-16-25-23-12-6-5-11-22(20)23/h1-6,9-12,16,21,25H,7-8,13-15,17-18H2,(H,26,28). The van der Waals surface area contributed by atoms with Crippen LogP contribution in [-0.2, 0) is 17.8 Å². The van der Waals surface area contributed by atoms with E-state index in [0.717, 1.165) is 50.0 Å². The fourth-order valence-electron chi connectivity index (χ4n) is 3.96. The molecule has 1 radical (unpaired) electrons. The molecule has 1 aromatic heterocycles. The maximum atomic E-state index is 12.5. The predicted octanol–water partition coefficient (Wildman–Crippen LogP) is 4.31. The van der Waals surface area contributed by atoms with Crippen LogP contribution in [0.2, 0.25) is 0 Å². The maximum absolute atomic E-state index is 12.5. The number of piperidine rings is 1. The van der Waals surface area contributed by atoms with Gasteiger partial charge >= 0.3 is 6.09 Å². The number of nitrogens with zero attached hydrogens (tertiary/aromatic N) is 1. The van der Waals surface area contributed by atoms with Gasteiger partial charge in [0.1, 0.15) is 6.61 Å². The zero-order valence-electron chi connectivity index (χ0n) is 16.6. The van der Waals surface area contributed by atoms with Gasteiger partial charge in [-0.2, -0.15) is 0 Å². The molecule has 4 rings (SSSR count). The van der Waals surface area contributed by atoms with Crippen molar-refractivity contribution in [3.63, 3.8) is 0 Å². The van der Waals surface area contributed by atoms with Crippen molar-refractivity contribution in [1.82, 2.24) is 15.2 Å². The Kier molecular flexibility index (Phi) is 6.47. The van der Waals surface area contributed by atoms with Crippen LogP contribution in [0.5, 0.6) is 0 Å². The maximum Gasteiger partial charge on any atom is 0.407 e. The number of likely N-dealkylation sites (tertiary alicyclic amines) is 1. The largest absolute Gasteiger partial charge is 0.445 e. The molecule has 5 nitrogen and oxygen atoms in total. The average molecular weight is 391 g/mol. The minimum absolute atomic E-state index is 0.00409. The second-order valence-electron chi connectivity index (χ2n) is 7.63. The van der Waals surface area contributed by atoms with Crippen LogP contribution in [0.4, 0.5) is 4.79 Å². The van der Waals surface area contributed by atoms with Crippen LogP contribution in [0.15, 0.2) is 60.8 Å². The highest BCUT2D eigenvalue weighted by molar-refractivity contribution is 5.83. The quantitative estimate of drug-likeness (QED) is 0.632.